The highest BCUT2D eigenvalue weighted by atomic mass is 19.1. The summed E-state index contributed by atoms with van der Waals surface area (Å²) < 4.78 is 13.5. The van der Waals surface area contributed by atoms with Gasteiger partial charge in [-0.2, -0.15) is 0 Å². The molecule has 2 rings (SSSR count). The SMILES string of the molecule is CCCC(N)C(=O)N1CCN(CCNC(=O)c2ccccc2F)CC1. The summed E-state index contributed by atoms with van der Waals surface area (Å²) >= 11 is 0. The summed E-state index contributed by atoms with van der Waals surface area (Å²) in [6.45, 7) is 5.93. The van der Waals surface area contributed by atoms with E-state index in [1.54, 1.807) is 12.1 Å². The molecule has 6 nitrogen and oxygen atoms in total. The van der Waals surface area contributed by atoms with E-state index in [0.29, 0.717) is 32.6 Å². The molecule has 3 N–H and O–H groups in total. The average Bonchev–Trinajstić information content (AvgIpc) is 2.62. The van der Waals surface area contributed by atoms with Crippen molar-refractivity contribution in [1.82, 2.24) is 15.1 Å². The van der Waals surface area contributed by atoms with Crippen molar-refractivity contribution in [1.29, 1.82) is 0 Å². The van der Waals surface area contributed by atoms with Crippen LogP contribution in [-0.2, 0) is 4.79 Å². The van der Waals surface area contributed by atoms with Crippen molar-refractivity contribution in [3.63, 3.8) is 0 Å². The summed E-state index contributed by atoms with van der Waals surface area (Å²) in [6, 6.07) is 5.52. The second-order valence-electron chi connectivity index (χ2n) is 6.30. The summed E-state index contributed by atoms with van der Waals surface area (Å²) in [5.41, 5.74) is 5.95. The van der Waals surface area contributed by atoms with Gasteiger partial charge in [-0.3, -0.25) is 14.5 Å². The van der Waals surface area contributed by atoms with Gasteiger partial charge >= 0.3 is 0 Å². The molecular weight excluding hydrogens is 323 g/mol. The van der Waals surface area contributed by atoms with E-state index in [9.17, 15) is 14.0 Å². The Morgan fingerprint density at radius 2 is 1.92 bits per heavy atom. The number of halogens is 1. The minimum Gasteiger partial charge on any atom is -0.351 e. The van der Waals surface area contributed by atoms with Crippen molar-refractivity contribution >= 4 is 11.8 Å². The van der Waals surface area contributed by atoms with Gasteiger partial charge in [0.25, 0.3) is 5.91 Å². The minimum atomic E-state index is -0.518. The predicted molar refractivity (Wildman–Crippen MR) is 94.6 cm³/mol. The molecule has 1 heterocycles. The van der Waals surface area contributed by atoms with E-state index in [4.69, 9.17) is 5.73 Å². The van der Waals surface area contributed by atoms with E-state index in [2.05, 4.69) is 10.2 Å². The molecule has 0 bridgehead atoms. The lowest BCUT2D eigenvalue weighted by atomic mass is 10.1. The molecule has 1 unspecified atom stereocenters. The van der Waals surface area contributed by atoms with Crippen LogP contribution in [-0.4, -0.2) is 66.9 Å². The first-order valence-corrected chi connectivity index (χ1v) is 8.82. The smallest absolute Gasteiger partial charge is 0.254 e. The Kier molecular flexibility index (Phi) is 7.33. The van der Waals surface area contributed by atoms with Crippen LogP contribution < -0.4 is 11.1 Å². The number of hydrogen-bond acceptors (Lipinski definition) is 4. The number of nitrogens with zero attached hydrogens (tertiary/aromatic N) is 2. The molecule has 0 spiro atoms. The number of carbonyl (C=O) groups excluding carboxylic acids is 2. The van der Waals surface area contributed by atoms with Crippen LogP contribution in [0.15, 0.2) is 24.3 Å². The lowest BCUT2D eigenvalue weighted by Crippen LogP contribution is -2.54. The number of amides is 2. The molecule has 2 amide bonds. The second kappa shape index (κ2) is 9.48. The van der Waals surface area contributed by atoms with Gasteiger partial charge in [-0.05, 0) is 18.6 Å². The van der Waals surface area contributed by atoms with E-state index in [-0.39, 0.29) is 11.5 Å². The molecule has 1 aromatic carbocycles. The first-order chi connectivity index (χ1) is 12.0. The molecule has 1 aromatic rings. The van der Waals surface area contributed by atoms with Gasteiger partial charge in [0.05, 0.1) is 11.6 Å². The maximum absolute atomic E-state index is 13.5. The molecule has 1 fully saturated rings. The molecule has 1 aliphatic rings. The highest BCUT2D eigenvalue weighted by Gasteiger charge is 2.24. The van der Waals surface area contributed by atoms with Crippen molar-refractivity contribution in [2.75, 3.05) is 39.3 Å². The third kappa shape index (κ3) is 5.51. The molecule has 0 radical (unpaired) electrons. The van der Waals surface area contributed by atoms with Crippen LogP contribution in [0.25, 0.3) is 0 Å². The highest BCUT2D eigenvalue weighted by Crippen LogP contribution is 2.07. The van der Waals surface area contributed by atoms with E-state index in [0.717, 1.165) is 19.5 Å². The van der Waals surface area contributed by atoms with Crippen molar-refractivity contribution in [2.45, 2.75) is 25.8 Å². The first-order valence-electron chi connectivity index (χ1n) is 8.82. The maximum atomic E-state index is 13.5. The average molecular weight is 350 g/mol. The monoisotopic (exact) mass is 350 g/mol. The number of nitrogens with two attached hydrogens (primary N) is 1. The lowest BCUT2D eigenvalue weighted by molar-refractivity contribution is -0.134. The molecule has 0 aliphatic carbocycles. The van der Waals surface area contributed by atoms with Crippen molar-refractivity contribution in [2.24, 2.45) is 5.73 Å². The fourth-order valence-electron chi connectivity index (χ4n) is 2.93. The molecule has 138 valence electrons. The van der Waals surface area contributed by atoms with Gasteiger partial charge in [0.2, 0.25) is 5.91 Å². The standard InChI is InChI=1S/C18H27FN4O2/c1-2-5-16(20)18(25)23-12-10-22(11-13-23)9-8-21-17(24)14-6-3-4-7-15(14)19/h3-4,6-7,16H,2,5,8-13,20H2,1H3,(H,21,24). The molecule has 1 saturated heterocycles. The topological polar surface area (TPSA) is 78.7 Å². The zero-order valence-corrected chi connectivity index (χ0v) is 14.7. The summed E-state index contributed by atoms with van der Waals surface area (Å²) in [5.74, 6) is -0.901. The van der Waals surface area contributed by atoms with Crippen LogP contribution in [0, 0.1) is 5.82 Å². The fraction of sp³-hybridized carbons (Fsp3) is 0.556. The van der Waals surface area contributed by atoms with E-state index in [1.165, 1.54) is 12.1 Å². The van der Waals surface area contributed by atoms with Crippen molar-refractivity contribution in [3.8, 4) is 0 Å². The Morgan fingerprint density at radius 1 is 1.24 bits per heavy atom. The lowest BCUT2D eigenvalue weighted by Gasteiger charge is -2.35. The number of carbonyl (C=O) groups is 2. The predicted octanol–water partition coefficient (Wildman–Crippen LogP) is 0.827. The number of nitrogens with one attached hydrogen (secondary N) is 1. The van der Waals surface area contributed by atoms with Gasteiger partial charge in [-0.15, -0.1) is 0 Å². The largest absolute Gasteiger partial charge is 0.351 e. The number of piperazine rings is 1. The Labute approximate surface area is 148 Å². The normalized spacial score (nSPS) is 16.5. The number of hydrogen-bond donors (Lipinski definition) is 2. The Balaban J connectivity index is 1.70. The molecule has 25 heavy (non-hydrogen) atoms. The maximum Gasteiger partial charge on any atom is 0.254 e. The summed E-state index contributed by atoms with van der Waals surface area (Å²) in [5, 5.41) is 2.73. The molecule has 1 atom stereocenters. The van der Waals surface area contributed by atoms with Gasteiger partial charge in [0.1, 0.15) is 5.82 Å². The molecular formula is C18H27FN4O2. The summed E-state index contributed by atoms with van der Waals surface area (Å²) in [7, 11) is 0. The third-order valence-corrected chi connectivity index (χ3v) is 4.43. The van der Waals surface area contributed by atoms with Crippen LogP contribution in [0.1, 0.15) is 30.1 Å². The quantitative estimate of drug-likeness (QED) is 0.763. The molecule has 7 heteroatoms. The van der Waals surface area contributed by atoms with Crippen molar-refractivity contribution < 1.29 is 14.0 Å². The van der Waals surface area contributed by atoms with E-state index < -0.39 is 17.8 Å². The van der Waals surface area contributed by atoms with Crippen LogP contribution in [0.3, 0.4) is 0 Å². The zero-order valence-electron chi connectivity index (χ0n) is 14.7. The first kappa shape index (κ1) is 19.3. The summed E-state index contributed by atoms with van der Waals surface area (Å²) in [6.07, 6.45) is 1.61. The van der Waals surface area contributed by atoms with Gasteiger partial charge < -0.3 is 16.0 Å². The van der Waals surface area contributed by atoms with Crippen LogP contribution in [0.4, 0.5) is 4.39 Å². The third-order valence-electron chi connectivity index (χ3n) is 4.43. The number of benzene rings is 1. The highest BCUT2D eigenvalue weighted by molar-refractivity contribution is 5.94. The molecule has 0 aromatic heterocycles. The van der Waals surface area contributed by atoms with E-state index >= 15 is 0 Å². The Hall–Kier alpha value is -1.99. The van der Waals surface area contributed by atoms with Gasteiger partial charge in [0.15, 0.2) is 0 Å². The van der Waals surface area contributed by atoms with Crippen LogP contribution in [0.2, 0.25) is 0 Å². The van der Waals surface area contributed by atoms with E-state index in [1.807, 2.05) is 11.8 Å². The fourth-order valence-corrected chi connectivity index (χ4v) is 2.93. The van der Waals surface area contributed by atoms with Crippen LogP contribution >= 0.6 is 0 Å². The number of rotatable bonds is 7. The Morgan fingerprint density at radius 3 is 2.56 bits per heavy atom. The summed E-state index contributed by atoms with van der Waals surface area (Å²) in [4.78, 5) is 28.1. The van der Waals surface area contributed by atoms with Crippen molar-refractivity contribution in [3.05, 3.63) is 35.6 Å². The minimum absolute atomic E-state index is 0.0226. The Bertz CT molecular complexity index is 588. The van der Waals surface area contributed by atoms with Crippen LogP contribution in [0.5, 0.6) is 0 Å². The van der Waals surface area contributed by atoms with Gasteiger partial charge in [-0.25, -0.2) is 4.39 Å². The van der Waals surface area contributed by atoms with Gasteiger partial charge in [0, 0.05) is 39.3 Å². The molecule has 1 aliphatic heterocycles. The van der Waals surface area contributed by atoms with Gasteiger partial charge in [-0.1, -0.05) is 25.5 Å². The zero-order chi connectivity index (χ0) is 18.2. The molecule has 0 saturated carbocycles. The second-order valence-corrected chi connectivity index (χ2v) is 6.30.